The van der Waals surface area contributed by atoms with E-state index in [4.69, 9.17) is 9.47 Å². The van der Waals surface area contributed by atoms with Gasteiger partial charge in [0.25, 0.3) is 0 Å². The highest BCUT2D eigenvalue weighted by Crippen LogP contribution is 2.27. The molecule has 6 heteroatoms. The number of aromatic nitrogens is 2. The fourth-order valence-corrected chi connectivity index (χ4v) is 2.57. The molecule has 0 aliphatic heterocycles. The summed E-state index contributed by atoms with van der Waals surface area (Å²) in [6.45, 7) is 3.91. The van der Waals surface area contributed by atoms with Gasteiger partial charge in [0.05, 0.1) is 31.5 Å². The summed E-state index contributed by atoms with van der Waals surface area (Å²) in [6.07, 6.45) is 6.93. The molecule has 1 aliphatic rings. The van der Waals surface area contributed by atoms with E-state index in [1.54, 1.807) is 12.4 Å². The van der Waals surface area contributed by atoms with Gasteiger partial charge in [0.1, 0.15) is 5.82 Å². The van der Waals surface area contributed by atoms with Crippen LogP contribution in [-0.2, 0) is 9.53 Å². The third-order valence-corrected chi connectivity index (χ3v) is 3.58. The lowest BCUT2D eigenvalue weighted by atomic mass is 9.86. The Morgan fingerprint density at radius 3 is 2.62 bits per heavy atom. The minimum atomic E-state index is -0.0967. The summed E-state index contributed by atoms with van der Waals surface area (Å²) in [4.78, 5) is 20.0. The van der Waals surface area contributed by atoms with E-state index in [2.05, 4.69) is 15.3 Å². The molecule has 0 saturated heterocycles. The molecular weight excluding hydrogens is 270 g/mol. The SMILES string of the molecule is COC(=O)C1CCC(Nc2cncc(OC(C)C)n2)CC1. The summed E-state index contributed by atoms with van der Waals surface area (Å²) in [5.41, 5.74) is 0. The molecule has 0 unspecified atom stereocenters. The van der Waals surface area contributed by atoms with Crippen LogP contribution in [0.1, 0.15) is 39.5 Å². The highest BCUT2D eigenvalue weighted by atomic mass is 16.5. The molecule has 0 atom stereocenters. The minimum Gasteiger partial charge on any atom is -0.474 e. The van der Waals surface area contributed by atoms with Gasteiger partial charge in [-0.25, -0.2) is 0 Å². The fourth-order valence-electron chi connectivity index (χ4n) is 2.57. The number of carbonyl (C=O) groups is 1. The topological polar surface area (TPSA) is 73.3 Å². The molecule has 0 amide bonds. The van der Waals surface area contributed by atoms with Gasteiger partial charge >= 0.3 is 5.97 Å². The lowest BCUT2D eigenvalue weighted by molar-refractivity contribution is -0.146. The third kappa shape index (κ3) is 4.58. The molecule has 1 fully saturated rings. The Kier molecular flexibility index (Phi) is 5.36. The first kappa shape index (κ1) is 15.5. The molecule has 0 spiro atoms. The number of anilines is 1. The highest BCUT2D eigenvalue weighted by molar-refractivity contribution is 5.72. The summed E-state index contributed by atoms with van der Waals surface area (Å²) in [6, 6.07) is 0.314. The average molecular weight is 293 g/mol. The first-order chi connectivity index (χ1) is 10.1. The molecule has 0 bridgehead atoms. The maximum atomic E-state index is 11.5. The summed E-state index contributed by atoms with van der Waals surface area (Å²) in [7, 11) is 1.45. The predicted molar refractivity (Wildman–Crippen MR) is 79.2 cm³/mol. The monoisotopic (exact) mass is 293 g/mol. The van der Waals surface area contributed by atoms with E-state index in [1.807, 2.05) is 13.8 Å². The lowest BCUT2D eigenvalue weighted by Crippen LogP contribution is -2.30. The second-order valence-corrected chi connectivity index (χ2v) is 5.63. The first-order valence-corrected chi connectivity index (χ1v) is 7.41. The zero-order valence-corrected chi connectivity index (χ0v) is 12.8. The van der Waals surface area contributed by atoms with Crippen LogP contribution in [0.15, 0.2) is 12.4 Å². The number of esters is 1. The second-order valence-electron chi connectivity index (χ2n) is 5.63. The number of hydrogen-bond acceptors (Lipinski definition) is 6. The van der Waals surface area contributed by atoms with Gasteiger partial charge in [-0.15, -0.1) is 0 Å². The van der Waals surface area contributed by atoms with E-state index in [-0.39, 0.29) is 18.0 Å². The summed E-state index contributed by atoms with van der Waals surface area (Å²) >= 11 is 0. The fraction of sp³-hybridized carbons (Fsp3) is 0.667. The largest absolute Gasteiger partial charge is 0.474 e. The molecule has 6 nitrogen and oxygen atoms in total. The van der Waals surface area contributed by atoms with Crippen LogP contribution in [0.3, 0.4) is 0 Å². The van der Waals surface area contributed by atoms with Crippen molar-refractivity contribution in [2.24, 2.45) is 5.92 Å². The van der Waals surface area contributed by atoms with Crippen LogP contribution in [0.2, 0.25) is 0 Å². The molecule has 21 heavy (non-hydrogen) atoms. The molecular formula is C15H23N3O3. The van der Waals surface area contributed by atoms with Crippen molar-refractivity contribution in [1.29, 1.82) is 0 Å². The van der Waals surface area contributed by atoms with Crippen molar-refractivity contribution in [3.05, 3.63) is 12.4 Å². The number of hydrogen-bond donors (Lipinski definition) is 1. The van der Waals surface area contributed by atoms with Crippen LogP contribution in [0.4, 0.5) is 5.82 Å². The Balaban J connectivity index is 1.87. The van der Waals surface area contributed by atoms with Crippen molar-refractivity contribution in [1.82, 2.24) is 9.97 Å². The number of carbonyl (C=O) groups excluding carboxylic acids is 1. The second kappa shape index (κ2) is 7.24. The van der Waals surface area contributed by atoms with Crippen LogP contribution < -0.4 is 10.1 Å². The van der Waals surface area contributed by atoms with Gasteiger partial charge < -0.3 is 14.8 Å². The van der Waals surface area contributed by atoms with Crippen molar-refractivity contribution in [2.45, 2.75) is 51.7 Å². The zero-order valence-electron chi connectivity index (χ0n) is 12.8. The normalized spacial score (nSPS) is 21.9. The van der Waals surface area contributed by atoms with Gasteiger partial charge in [-0.1, -0.05) is 0 Å². The number of nitrogens with zero attached hydrogens (tertiary/aromatic N) is 2. The van der Waals surface area contributed by atoms with E-state index in [9.17, 15) is 4.79 Å². The molecule has 0 radical (unpaired) electrons. The molecule has 1 aliphatic carbocycles. The number of methoxy groups -OCH3 is 1. The van der Waals surface area contributed by atoms with Gasteiger partial charge in [0.2, 0.25) is 5.88 Å². The molecule has 0 aromatic carbocycles. The smallest absolute Gasteiger partial charge is 0.308 e. The Bertz CT molecular complexity index is 471. The van der Waals surface area contributed by atoms with Crippen LogP contribution >= 0.6 is 0 Å². The van der Waals surface area contributed by atoms with Crippen molar-refractivity contribution >= 4 is 11.8 Å². The summed E-state index contributed by atoms with van der Waals surface area (Å²) < 4.78 is 10.3. The Labute approximate surface area is 125 Å². The van der Waals surface area contributed by atoms with E-state index in [0.29, 0.717) is 11.9 Å². The average Bonchev–Trinajstić information content (AvgIpc) is 2.47. The van der Waals surface area contributed by atoms with E-state index in [1.165, 1.54) is 7.11 Å². The number of nitrogens with one attached hydrogen (secondary N) is 1. The van der Waals surface area contributed by atoms with Gasteiger partial charge in [-0.2, -0.15) is 4.98 Å². The molecule has 1 N–H and O–H groups in total. The molecule has 1 aromatic rings. The maximum Gasteiger partial charge on any atom is 0.308 e. The minimum absolute atomic E-state index is 0.0368. The van der Waals surface area contributed by atoms with E-state index < -0.39 is 0 Å². The highest BCUT2D eigenvalue weighted by Gasteiger charge is 2.27. The molecule has 116 valence electrons. The van der Waals surface area contributed by atoms with Crippen molar-refractivity contribution in [3.8, 4) is 5.88 Å². The molecule has 2 rings (SSSR count). The quantitative estimate of drug-likeness (QED) is 0.840. The van der Waals surface area contributed by atoms with Crippen molar-refractivity contribution in [3.63, 3.8) is 0 Å². The standard InChI is InChI=1S/C15H23N3O3/c1-10(2)21-14-9-16-8-13(18-14)17-12-6-4-11(5-7-12)15(19)20-3/h8-12H,4-7H2,1-3H3,(H,17,18). The maximum absolute atomic E-state index is 11.5. The van der Waals surface area contributed by atoms with Gasteiger partial charge in [0.15, 0.2) is 0 Å². The van der Waals surface area contributed by atoms with E-state index in [0.717, 1.165) is 31.5 Å². The molecule has 1 aromatic heterocycles. The Morgan fingerprint density at radius 2 is 2.00 bits per heavy atom. The molecule has 1 heterocycles. The Morgan fingerprint density at radius 1 is 1.29 bits per heavy atom. The van der Waals surface area contributed by atoms with Crippen LogP contribution in [0.5, 0.6) is 5.88 Å². The first-order valence-electron chi connectivity index (χ1n) is 7.41. The van der Waals surface area contributed by atoms with Crippen LogP contribution in [0.25, 0.3) is 0 Å². The van der Waals surface area contributed by atoms with Gasteiger partial charge in [-0.05, 0) is 39.5 Å². The number of ether oxygens (including phenoxy) is 2. The summed E-state index contributed by atoms with van der Waals surface area (Å²) in [5.74, 6) is 1.18. The zero-order chi connectivity index (χ0) is 15.2. The summed E-state index contributed by atoms with van der Waals surface area (Å²) in [5, 5.41) is 3.37. The van der Waals surface area contributed by atoms with Gasteiger partial charge in [-0.3, -0.25) is 9.78 Å². The molecule has 1 saturated carbocycles. The lowest BCUT2D eigenvalue weighted by Gasteiger charge is -2.27. The number of rotatable bonds is 5. The predicted octanol–water partition coefficient (Wildman–Crippen LogP) is 2.41. The van der Waals surface area contributed by atoms with Crippen LogP contribution in [0, 0.1) is 5.92 Å². The van der Waals surface area contributed by atoms with Crippen LogP contribution in [-0.4, -0.2) is 35.2 Å². The van der Waals surface area contributed by atoms with E-state index >= 15 is 0 Å². The van der Waals surface area contributed by atoms with Crippen molar-refractivity contribution < 1.29 is 14.3 Å². The Hall–Kier alpha value is -1.85. The van der Waals surface area contributed by atoms with Crippen molar-refractivity contribution in [2.75, 3.05) is 12.4 Å². The third-order valence-electron chi connectivity index (χ3n) is 3.58. The van der Waals surface area contributed by atoms with Gasteiger partial charge in [0, 0.05) is 6.04 Å².